The van der Waals surface area contributed by atoms with Crippen LogP contribution in [0.1, 0.15) is 39.5 Å². The van der Waals surface area contributed by atoms with Crippen molar-refractivity contribution in [3.63, 3.8) is 0 Å². The van der Waals surface area contributed by atoms with Crippen LogP contribution in [0, 0.1) is 11.8 Å². The molecule has 1 heterocycles. The SMILES string of the molecule is CC1CCCC(NC(=O)C2(N)CCOC2)C1C. The van der Waals surface area contributed by atoms with E-state index in [-0.39, 0.29) is 11.9 Å². The fourth-order valence-electron chi connectivity index (χ4n) is 2.86. The molecule has 1 aliphatic heterocycles. The Balaban J connectivity index is 1.93. The number of rotatable bonds is 2. The first-order valence-corrected chi connectivity index (χ1v) is 6.70. The average Bonchev–Trinajstić information content (AvgIpc) is 2.73. The van der Waals surface area contributed by atoms with Crippen molar-refractivity contribution in [2.24, 2.45) is 17.6 Å². The van der Waals surface area contributed by atoms with E-state index in [4.69, 9.17) is 10.5 Å². The molecular weight excluding hydrogens is 216 g/mol. The van der Waals surface area contributed by atoms with Crippen LogP contribution in [0.4, 0.5) is 0 Å². The maximum Gasteiger partial charge on any atom is 0.242 e. The van der Waals surface area contributed by atoms with Crippen molar-refractivity contribution in [2.75, 3.05) is 13.2 Å². The smallest absolute Gasteiger partial charge is 0.242 e. The van der Waals surface area contributed by atoms with Crippen LogP contribution in [-0.2, 0) is 9.53 Å². The number of nitrogens with one attached hydrogen (secondary N) is 1. The van der Waals surface area contributed by atoms with Gasteiger partial charge >= 0.3 is 0 Å². The number of hydrogen-bond donors (Lipinski definition) is 2. The Morgan fingerprint density at radius 1 is 1.41 bits per heavy atom. The first kappa shape index (κ1) is 12.8. The van der Waals surface area contributed by atoms with Crippen molar-refractivity contribution < 1.29 is 9.53 Å². The normalized spacial score (nSPS) is 42.4. The summed E-state index contributed by atoms with van der Waals surface area (Å²) in [5.41, 5.74) is 5.27. The Hall–Kier alpha value is -0.610. The van der Waals surface area contributed by atoms with Gasteiger partial charge in [0.15, 0.2) is 0 Å². The van der Waals surface area contributed by atoms with E-state index in [2.05, 4.69) is 19.2 Å². The van der Waals surface area contributed by atoms with Gasteiger partial charge in [0, 0.05) is 12.6 Å². The molecule has 2 rings (SSSR count). The van der Waals surface area contributed by atoms with Crippen LogP contribution in [0.25, 0.3) is 0 Å². The summed E-state index contributed by atoms with van der Waals surface area (Å²) in [5.74, 6) is 1.20. The molecule has 1 aliphatic carbocycles. The molecule has 4 unspecified atom stereocenters. The lowest BCUT2D eigenvalue weighted by Crippen LogP contribution is -2.58. The molecular formula is C13H24N2O2. The largest absolute Gasteiger partial charge is 0.379 e. The van der Waals surface area contributed by atoms with Crippen molar-refractivity contribution in [1.29, 1.82) is 0 Å². The Labute approximate surface area is 103 Å². The molecule has 0 radical (unpaired) electrons. The molecule has 0 aromatic rings. The summed E-state index contributed by atoms with van der Waals surface area (Å²) in [5, 5.41) is 3.14. The highest BCUT2D eigenvalue weighted by Crippen LogP contribution is 2.30. The lowest BCUT2D eigenvalue weighted by atomic mass is 9.77. The molecule has 17 heavy (non-hydrogen) atoms. The van der Waals surface area contributed by atoms with E-state index in [1.165, 1.54) is 12.8 Å². The van der Waals surface area contributed by atoms with Gasteiger partial charge < -0.3 is 15.8 Å². The molecule has 0 aromatic heterocycles. The lowest BCUT2D eigenvalue weighted by Gasteiger charge is -2.36. The minimum Gasteiger partial charge on any atom is -0.379 e. The molecule has 98 valence electrons. The van der Waals surface area contributed by atoms with Gasteiger partial charge in [-0.15, -0.1) is 0 Å². The second kappa shape index (κ2) is 4.94. The van der Waals surface area contributed by atoms with E-state index >= 15 is 0 Å². The average molecular weight is 240 g/mol. The second-order valence-electron chi connectivity index (χ2n) is 5.81. The number of amides is 1. The van der Waals surface area contributed by atoms with Crippen molar-refractivity contribution in [1.82, 2.24) is 5.32 Å². The first-order valence-electron chi connectivity index (χ1n) is 6.70. The molecule has 0 spiro atoms. The third kappa shape index (κ3) is 2.63. The molecule has 0 aromatic carbocycles. The van der Waals surface area contributed by atoms with E-state index in [1.54, 1.807) is 0 Å². The van der Waals surface area contributed by atoms with Gasteiger partial charge in [0.1, 0.15) is 5.54 Å². The standard InChI is InChI=1S/C13H24N2O2/c1-9-4-3-5-11(10(9)2)15-12(16)13(14)6-7-17-8-13/h9-11H,3-8,14H2,1-2H3,(H,15,16). The summed E-state index contributed by atoms with van der Waals surface area (Å²) >= 11 is 0. The zero-order chi connectivity index (χ0) is 12.5. The van der Waals surface area contributed by atoms with Crippen LogP contribution in [0.3, 0.4) is 0 Å². The van der Waals surface area contributed by atoms with Crippen LogP contribution in [0.2, 0.25) is 0 Å². The highest BCUT2D eigenvalue weighted by atomic mass is 16.5. The summed E-state index contributed by atoms with van der Waals surface area (Å²) in [7, 11) is 0. The Morgan fingerprint density at radius 3 is 2.82 bits per heavy atom. The molecule has 2 aliphatic rings. The van der Waals surface area contributed by atoms with Crippen molar-refractivity contribution in [3.8, 4) is 0 Å². The second-order valence-corrected chi connectivity index (χ2v) is 5.81. The highest BCUT2D eigenvalue weighted by Gasteiger charge is 2.40. The maximum absolute atomic E-state index is 12.2. The van der Waals surface area contributed by atoms with Gasteiger partial charge in [0.05, 0.1) is 6.61 Å². The maximum atomic E-state index is 12.2. The summed E-state index contributed by atoms with van der Waals surface area (Å²) in [6.07, 6.45) is 4.18. The van der Waals surface area contributed by atoms with Crippen molar-refractivity contribution >= 4 is 5.91 Å². The van der Waals surface area contributed by atoms with E-state index in [0.29, 0.717) is 31.5 Å². The summed E-state index contributed by atoms with van der Waals surface area (Å²) in [6.45, 7) is 5.44. The van der Waals surface area contributed by atoms with Gasteiger partial charge in [0.2, 0.25) is 5.91 Å². The quantitative estimate of drug-likeness (QED) is 0.758. The van der Waals surface area contributed by atoms with Gasteiger partial charge in [0.25, 0.3) is 0 Å². The van der Waals surface area contributed by atoms with Gasteiger partial charge in [-0.3, -0.25) is 4.79 Å². The molecule has 2 fully saturated rings. The van der Waals surface area contributed by atoms with Gasteiger partial charge in [-0.25, -0.2) is 0 Å². The first-order chi connectivity index (χ1) is 8.03. The van der Waals surface area contributed by atoms with E-state index in [9.17, 15) is 4.79 Å². The molecule has 4 nitrogen and oxygen atoms in total. The monoisotopic (exact) mass is 240 g/mol. The van der Waals surface area contributed by atoms with E-state index in [0.717, 1.165) is 6.42 Å². The van der Waals surface area contributed by atoms with Crippen LogP contribution in [0.15, 0.2) is 0 Å². The Morgan fingerprint density at radius 2 is 2.18 bits per heavy atom. The Kier molecular flexibility index (Phi) is 3.73. The minimum absolute atomic E-state index is 0.0269. The van der Waals surface area contributed by atoms with Gasteiger partial charge in [-0.05, 0) is 24.7 Å². The lowest BCUT2D eigenvalue weighted by molar-refractivity contribution is -0.127. The molecule has 0 bridgehead atoms. The van der Waals surface area contributed by atoms with Crippen LogP contribution in [0.5, 0.6) is 0 Å². The van der Waals surface area contributed by atoms with Gasteiger partial charge in [-0.1, -0.05) is 26.7 Å². The third-order valence-corrected chi connectivity index (χ3v) is 4.53. The Bertz CT molecular complexity index is 287. The van der Waals surface area contributed by atoms with Crippen LogP contribution in [-0.4, -0.2) is 30.7 Å². The predicted octanol–water partition coefficient (Wildman–Crippen LogP) is 1.05. The zero-order valence-electron chi connectivity index (χ0n) is 10.9. The number of carbonyl (C=O) groups excluding carboxylic acids is 1. The fraction of sp³-hybridized carbons (Fsp3) is 0.923. The zero-order valence-corrected chi connectivity index (χ0v) is 10.9. The van der Waals surface area contributed by atoms with Crippen molar-refractivity contribution in [2.45, 2.75) is 51.1 Å². The molecule has 4 heteroatoms. The number of ether oxygens (including phenoxy) is 1. The summed E-state index contributed by atoms with van der Waals surface area (Å²) < 4.78 is 5.23. The number of carbonyl (C=O) groups is 1. The summed E-state index contributed by atoms with van der Waals surface area (Å²) in [4.78, 5) is 12.2. The van der Waals surface area contributed by atoms with Crippen molar-refractivity contribution in [3.05, 3.63) is 0 Å². The highest BCUT2D eigenvalue weighted by molar-refractivity contribution is 5.86. The summed E-state index contributed by atoms with van der Waals surface area (Å²) in [6, 6.07) is 0.285. The minimum atomic E-state index is -0.791. The molecule has 1 saturated heterocycles. The van der Waals surface area contributed by atoms with Crippen LogP contribution < -0.4 is 11.1 Å². The van der Waals surface area contributed by atoms with Crippen LogP contribution >= 0.6 is 0 Å². The molecule has 3 N–H and O–H groups in total. The number of nitrogens with two attached hydrogens (primary N) is 1. The fourth-order valence-corrected chi connectivity index (χ4v) is 2.86. The van der Waals surface area contributed by atoms with E-state index in [1.807, 2.05) is 0 Å². The molecule has 4 atom stereocenters. The molecule has 1 saturated carbocycles. The number of hydrogen-bond acceptors (Lipinski definition) is 3. The van der Waals surface area contributed by atoms with E-state index < -0.39 is 5.54 Å². The third-order valence-electron chi connectivity index (χ3n) is 4.53. The molecule has 1 amide bonds. The predicted molar refractivity (Wildman–Crippen MR) is 66.5 cm³/mol. The topological polar surface area (TPSA) is 64.4 Å². The van der Waals surface area contributed by atoms with Gasteiger partial charge in [-0.2, -0.15) is 0 Å².